The molecule has 4 rings (SSSR count). The standard InChI is InChI=1S/C23H18N4O3/c1-15-23(27(28)29)22(30-25-15)12-11-19-16(2)26(21-10-6-5-9-20(19)21)14-18-8-4-3-7-17(18)13-24/h3-12H,14H2,1-2H3. The van der Waals surface area contributed by atoms with Crippen LogP contribution in [0, 0.1) is 35.3 Å². The second-order valence-electron chi connectivity index (χ2n) is 6.94. The second kappa shape index (κ2) is 7.68. The summed E-state index contributed by atoms with van der Waals surface area (Å²) in [5, 5.41) is 25.5. The van der Waals surface area contributed by atoms with Crippen LogP contribution in [0.5, 0.6) is 0 Å². The zero-order valence-electron chi connectivity index (χ0n) is 16.5. The van der Waals surface area contributed by atoms with Crippen molar-refractivity contribution in [2.75, 3.05) is 0 Å². The molecule has 0 aliphatic rings. The first kappa shape index (κ1) is 19.2. The predicted octanol–water partition coefficient (Wildman–Crippen LogP) is 5.24. The molecule has 4 aromatic rings. The Morgan fingerprint density at radius 1 is 1.17 bits per heavy atom. The van der Waals surface area contributed by atoms with E-state index in [1.165, 1.54) is 0 Å². The molecule has 148 valence electrons. The molecule has 0 saturated carbocycles. The Balaban J connectivity index is 1.82. The third-order valence-corrected chi connectivity index (χ3v) is 5.19. The molecule has 30 heavy (non-hydrogen) atoms. The first-order chi connectivity index (χ1) is 14.5. The molecule has 0 atom stereocenters. The summed E-state index contributed by atoms with van der Waals surface area (Å²) in [6.07, 6.45) is 3.40. The molecule has 0 aliphatic heterocycles. The maximum absolute atomic E-state index is 11.3. The fourth-order valence-electron chi connectivity index (χ4n) is 3.68. The smallest absolute Gasteiger partial charge is 0.338 e. The summed E-state index contributed by atoms with van der Waals surface area (Å²) >= 11 is 0. The zero-order chi connectivity index (χ0) is 21.3. The molecule has 2 aromatic carbocycles. The summed E-state index contributed by atoms with van der Waals surface area (Å²) in [7, 11) is 0. The molecule has 0 amide bonds. The highest BCUT2D eigenvalue weighted by Gasteiger charge is 2.22. The van der Waals surface area contributed by atoms with Gasteiger partial charge in [0.15, 0.2) is 5.69 Å². The van der Waals surface area contributed by atoms with Gasteiger partial charge in [-0.15, -0.1) is 0 Å². The first-order valence-corrected chi connectivity index (χ1v) is 9.36. The number of para-hydroxylation sites is 1. The lowest BCUT2D eigenvalue weighted by molar-refractivity contribution is -0.386. The van der Waals surface area contributed by atoms with Gasteiger partial charge in [0.05, 0.1) is 16.6 Å². The number of aromatic nitrogens is 2. The first-order valence-electron chi connectivity index (χ1n) is 9.36. The fourth-order valence-corrected chi connectivity index (χ4v) is 3.68. The average Bonchev–Trinajstić information content (AvgIpc) is 3.24. The Hall–Kier alpha value is -4.18. The van der Waals surface area contributed by atoms with E-state index in [2.05, 4.69) is 15.8 Å². The molecule has 0 aliphatic carbocycles. The van der Waals surface area contributed by atoms with Crippen LogP contribution in [0.15, 0.2) is 53.1 Å². The molecule has 0 fully saturated rings. The van der Waals surface area contributed by atoms with Gasteiger partial charge < -0.3 is 9.09 Å². The van der Waals surface area contributed by atoms with E-state index >= 15 is 0 Å². The van der Waals surface area contributed by atoms with Crippen molar-refractivity contribution in [1.82, 2.24) is 9.72 Å². The Bertz CT molecular complexity index is 1340. The van der Waals surface area contributed by atoms with Crippen LogP contribution in [0.1, 0.15) is 33.8 Å². The summed E-state index contributed by atoms with van der Waals surface area (Å²) in [5.74, 6) is 0.114. The summed E-state index contributed by atoms with van der Waals surface area (Å²) < 4.78 is 7.29. The molecule has 2 heterocycles. The maximum atomic E-state index is 11.3. The quantitative estimate of drug-likeness (QED) is 0.338. The van der Waals surface area contributed by atoms with Crippen molar-refractivity contribution < 1.29 is 9.45 Å². The summed E-state index contributed by atoms with van der Waals surface area (Å²) in [5.41, 5.74) is 4.62. The second-order valence-corrected chi connectivity index (χ2v) is 6.94. The maximum Gasteiger partial charge on any atom is 0.338 e. The molecule has 0 unspecified atom stereocenters. The third-order valence-electron chi connectivity index (χ3n) is 5.19. The summed E-state index contributed by atoms with van der Waals surface area (Å²) in [6.45, 7) is 4.09. The van der Waals surface area contributed by atoms with Crippen molar-refractivity contribution in [2.45, 2.75) is 20.4 Å². The van der Waals surface area contributed by atoms with E-state index in [0.717, 1.165) is 27.7 Å². The van der Waals surface area contributed by atoms with Gasteiger partial charge in [-0.05, 0) is 43.7 Å². The van der Waals surface area contributed by atoms with Crippen LogP contribution in [-0.4, -0.2) is 14.6 Å². The molecule has 2 aromatic heterocycles. The number of nitro groups is 1. The Morgan fingerprint density at radius 3 is 2.67 bits per heavy atom. The van der Waals surface area contributed by atoms with Crippen LogP contribution in [0.3, 0.4) is 0 Å². The normalized spacial score (nSPS) is 11.2. The van der Waals surface area contributed by atoms with Gasteiger partial charge in [-0.2, -0.15) is 5.26 Å². The molecular weight excluding hydrogens is 380 g/mol. The van der Waals surface area contributed by atoms with Crippen LogP contribution in [0.4, 0.5) is 5.69 Å². The zero-order valence-corrected chi connectivity index (χ0v) is 16.5. The minimum Gasteiger partial charge on any atom is -0.349 e. The molecular formula is C23H18N4O3. The lowest BCUT2D eigenvalue weighted by atomic mass is 10.1. The highest BCUT2D eigenvalue weighted by Crippen LogP contribution is 2.30. The van der Waals surface area contributed by atoms with Crippen LogP contribution < -0.4 is 0 Å². The van der Waals surface area contributed by atoms with Crippen molar-refractivity contribution >= 4 is 28.7 Å². The topological polar surface area (TPSA) is 97.9 Å². The van der Waals surface area contributed by atoms with Gasteiger partial charge in [0.2, 0.25) is 5.76 Å². The predicted molar refractivity (Wildman–Crippen MR) is 114 cm³/mol. The van der Waals surface area contributed by atoms with E-state index in [4.69, 9.17) is 4.52 Å². The highest BCUT2D eigenvalue weighted by atomic mass is 16.6. The number of fused-ring (bicyclic) bond motifs is 1. The number of nitrogens with zero attached hydrogens (tertiary/aromatic N) is 4. The van der Waals surface area contributed by atoms with Gasteiger partial charge in [0, 0.05) is 28.7 Å². The van der Waals surface area contributed by atoms with Gasteiger partial charge in [-0.25, -0.2) is 0 Å². The molecule has 7 heteroatoms. The number of hydrogen-bond acceptors (Lipinski definition) is 5. The third kappa shape index (κ3) is 3.25. The monoisotopic (exact) mass is 398 g/mol. The highest BCUT2D eigenvalue weighted by molar-refractivity contribution is 5.94. The average molecular weight is 398 g/mol. The van der Waals surface area contributed by atoms with Crippen molar-refractivity contribution in [3.05, 3.63) is 92.5 Å². The number of nitriles is 1. The van der Waals surface area contributed by atoms with E-state index in [9.17, 15) is 15.4 Å². The Kier molecular flexibility index (Phi) is 4.90. The van der Waals surface area contributed by atoms with E-state index in [1.54, 1.807) is 13.0 Å². The van der Waals surface area contributed by atoms with Gasteiger partial charge in [0.1, 0.15) is 0 Å². The van der Waals surface area contributed by atoms with Gasteiger partial charge in [0.25, 0.3) is 0 Å². The number of aryl methyl sites for hydroxylation is 1. The lowest BCUT2D eigenvalue weighted by Crippen LogP contribution is -2.03. The van der Waals surface area contributed by atoms with Crippen molar-refractivity contribution in [3.63, 3.8) is 0 Å². The van der Waals surface area contributed by atoms with Crippen molar-refractivity contribution in [3.8, 4) is 6.07 Å². The molecule has 0 saturated heterocycles. The number of rotatable bonds is 5. The van der Waals surface area contributed by atoms with Crippen LogP contribution in [-0.2, 0) is 6.54 Å². The van der Waals surface area contributed by atoms with Crippen LogP contribution >= 0.6 is 0 Å². The Labute approximate surface area is 172 Å². The SMILES string of the molecule is Cc1noc(C=Cc2c(C)n(Cc3ccccc3C#N)c3ccccc23)c1[N+](=O)[O-]. The van der Waals surface area contributed by atoms with Gasteiger partial charge >= 0.3 is 5.69 Å². The number of benzene rings is 2. The van der Waals surface area contributed by atoms with Gasteiger partial charge in [-0.1, -0.05) is 41.6 Å². The van der Waals surface area contributed by atoms with E-state index < -0.39 is 4.92 Å². The van der Waals surface area contributed by atoms with Crippen molar-refractivity contribution in [2.24, 2.45) is 0 Å². The number of hydrogen-bond donors (Lipinski definition) is 0. The van der Waals surface area contributed by atoms with E-state index in [1.807, 2.05) is 61.5 Å². The fraction of sp³-hybridized carbons (Fsp3) is 0.130. The molecule has 0 bridgehead atoms. The summed E-state index contributed by atoms with van der Waals surface area (Å²) in [6, 6.07) is 17.7. The minimum atomic E-state index is -0.486. The molecule has 7 nitrogen and oxygen atoms in total. The molecule has 0 radical (unpaired) electrons. The molecule has 0 N–H and O–H groups in total. The van der Waals surface area contributed by atoms with Gasteiger partial charge in [-0.3, -0.25) is 10.1 Å². The van der Waals surface area contributed by atoms with E-state index in [-0.39, 0.29) is 17.1 Å². The van der Waals surface area contributed by atoms with E-state index in [0.29, 0.717) is 12.1 Å². The van der Waals surface area contributed by atoms with Crippen LogP contribution in [0.25, 0.3) is 23.1 Å². The largest absolute Gasteiger partial charge is 0.349 e. The lowest BCUT2D eigenvalue weighted by Gasteiger charge is -2.10. The summed E-state index contributed by atoms with van der Waals surface area (Å²) in [4.78, 5) is 10.8. The Morgan fingerprint density at radius 2 is 1.90 bits per heavy atom. The van der Waals surface area contributed by atoms with Crippen LogP contribution in [0.2, 0.25) is 0 Å². The van der Waals surface area contributed by atoms with Crippen molar-refractivity contribution in [1.29, 1.82) is 5.26 Å². The molecule has 0 spiro atoms. The minimum absolute atomic E-state index is 0.114.